The van der Waals surface area contributed by atoms with E-state index in [0.717, 1.165) is 30.9 Å². The minimum atomic E-state index is -0.874. The van der Waals surface area contributed by atoms with Crippen LogP contribution in [0.2, 0.25) is 0 Å². The van der Waals surface area contributed by atoms with Crippen LogP contribution in [-0.2, 0) is 9.59 Å². The highest BCUT2D eigenvalue weighted by Crippen LogP contribution is 2.20. The maximum Gasteiger partial charge on any atom is 0.326 e. The molecule has 1 unspecified atom stereocenters. The van der Waals surface area contributed by atoms with Gasteiger partial charge < -0.3 is 15.3 Å². The van der Waals surface area contributed by atoms with Gasteiger partial charge in [-0.1, -0.05) is 0 Å². The van der Waals surface area contributed by atoms with E-state index in [4.69, 9.17) is 5.11 Å². The minimum absolute atomic E-state index is 0.0377. The van der Waals surface area contributed by atoms with Gasteiger partial charge in [-0.3, -0.25) is 4.79 Å². The summed E-state index contributed by atoms with van der Waals surface area (Å²) in [4.78, 5) is 24.9. The molecule has 2 saturated heterocycles. The molecule has 0 saturated carbocycles. The molecule has 1 amide bonds. The fraction of sp³-hybridized carbons (Fsp3) is 0.818. The quantitative estimate of drug-likeness (QED) is 0.738. The first-order chi connectivity index (χ1) is 8.20. The summed E-state index contributed by atoms with van der Waals surface area (Å²) in [5, 5.41) is 12.3. The van der Waals surface area contributed by atoms with Gasteiger partial charge in [0.1, 0.15) is 6.04 Å². The van der Waals surface area contributed by atoms with Crippen molar-refractivity contribution in [1.29, 1.82) is 0 Å². The molecule has 2 aliphatic rings. The number of amides is 1. The van der Waals surface area contributed by atoms with Gasteiger partial charge in [-0.25, -0.2) is 4.79 Å². The Labute approximate surface area is 105 Å². The summed E-state index contributed by atoms with van der Waals surface area (Å²) < 4.78 is 0. The lowest BCUT2D eigenvalue weighted by Crippen LogP contribution is -2.56. The summed E-state index contributed by atoms with van der Waals surface area (Å²) >= 11 is 1.75. The van der Waals surface area contributed by atoms with Crippen molar-refractivity contribution < 1.29 is 14.7 Å². The second kappa shape index (κ2) is 5.73. The summed E-state index contributed by atoms with van der Waals surface area (Å²) in [7, 11) is 0. The van der Waals surface area contributed by atoms with E-state index in [2.05, 4.69) is 5.32 Å². The van der Waals surface area contributed by atoms with Gasteiger partial charge in [-0.15, -0.1) is 0 Å². The third-order valence-electron chi connectivity index (χ3n) is 3.29. The summed E-state index contributed by atoms with van der Waals surface area (Å²) in [6, 6.07) is -0.821. The van der Waals surface area contributed by atoms with Crippen molar-refractivity contribution in [3.63, 3.8) is 0 Å². The van der Waals surface area contributed by atoms with E-state index < -0.39 is 12.0 Å². The molecule has 2 atom stereocenters. The Balaban J connectivity index is 2.02. The second-order valence-electron chi connectivity index (χ2n) is 4.46. The van der Waals surface area contributed by atoms with E-state index in [1.165, 1.54) is 0 Å². The van der Waals surface area contributed by atoms with Crippen LogP contribution in [-0.4, -0.2) is 58.6 Å². The van der Waals surface area contributed by atoms with Gasteiger partial charge in [0, 0.05) is 24.6 Å². The van der Waals surface area contributed by atoms with Crippen molar-refractivity contribution in [2.24, 2.45) is 0 Å². The summed E-state index contributed by atoms with van der Waals surface area (Å²) in [5.74, 6) is 0.860. The van der Waals surface area contributed by atoms with Crippen molar-refractivity contribution in [3.05, 3.63) is 0 Å². The molecule has 0 aromatic rings. The Morgan fingerprint density at radius 2 is 2.18 bits per heavy atom. The molecule has 6 heteroatoms. The Hall–Kier alpha value is -0.750. The van der Waals surface area contributed by atoms with Crippen molar-refractivity contribution in [3.8, 4) is 0 Å². The van der Waals surface area contributed by atoms with Crippen LogP contribution in [0.15, 0.2) is 0 Å². The lowest BCUT2D eigenvalue weighted by molar-refractivity contribution is -0.152. The first-order valence-corrected chi connectivity index (χ1v) is 7.20. The number of thioether (sulfide) groups is 1. The van der Waals surface area contributed by atoms with Gasteiger partial charge in [0.15, 0.2) is 0 Å². The monoisotopic (exact) mass is 258 g/mol. The van der Waals surface area contributed by atoms with E-state index in [1.54, 1.807) is 16.7 Å². The predicted octanol–water partition coefficient (Wildman–Crippen LogP) is 0.157. The number of hydrogen-bond donors (Lipinski definition) is 2. The topological polar surface area (TPSA) is 69.6 Å². The fourth-order valence-corrected chi connectivity index (χ4v) is 3.30. The molecule has 17 heavy (non-hydrogen) atoms. The molecular weight excluding hydrogens is 240 g/mol. The first-order valence-electron chi connectivity index (χ1n) is 6.04. The Bertz CT molecular complexity index is 305. The Morgan fingerprint density at radius 3 is 2.82 bits per heavy atom. The van der Waals surface area contributed by atoms with Gasteiger partial charge in [0.2, 0.25) is 5.91 Å². The first kappa shape index (κ1) is 12.7. The molecule has 0 aromatic carbocycles. The molecule has 2 fully saturated rings. The van der Waals surface area contributed by atoms with E-state index in [0.29, 0.717) is 13.0 Å². The molecule has 0 radical (unpaired) electrons. The smallest absolute Gasteiger partial charge is 0.326 e. The number of likely N-dealkylation sites (tertiary alicyclic amines) is 1. The maximum absolute atomic E-state index is 12.3. The van der Waals surface area contributed by atoms with E-state index in [-0.39, 0.29) is 11.9 Å². The van der Waals surface area contributed by atoms with Crippen molar-refractivity contribution in [2.75, 3.05) is 24.6 Å². The average Bonchev–Trinajstić information content (AvgIpc) is 2.39. The van der Waals surface area contributed by atoms with E-state index >= 15 is 0 Å². The molecule has 2 heterocycles. The Morgan fingerprint density at radius 1 is 1.35 bits per heavy atom. The number of nitrogens with zero attached hydrogens (tertiary/aromatic N) is 1. The van der Waals surface area contributed by atoms with Crippen LogP contribution in [0, 0.1) is 0 Å². The normalized spacial score (nSPS) is 30.0. The van der Waals surface area contributed by atoms with Crippen LogP contribution in [0.1, 0.15) is 19.3 Å². The molecule has 2 N–H and O–H groups in total. The van der Waals surface area contributed by atoms with Crippen molar-refractivity contribution in [1.82, 2.24) is 10.2 Å². The number of piperidine rings is 1. The zero-order valence-corrected chi connectivity index (χ0v) is 10.5. The van der Waals surface area contributed by atoms with Crippen LogP contribution < -0.4 is 5.32 Å². The summed E-state index contributed by atoms with van der Waals surface area (Å²) in [5.41, 5.74) is 0. The zero-order valence-electron chi connectivity index (χ0n) is 9.72. The van der Waals surface area contributed by atoms with Crippen LogP contribution in [0.4, 0.5) is 0 Å². The number of carboxylic acids is 1. The molecule has 5 nitrogen and oxygen atoms in total. The Kier molecular flexibility index (Phi) is 4.28. The highest BCUT2D eigenvalue weighted by Gasteiger charge is 2.35. The standard InChI is InChI=1S/C11H18N2O3S/c14-10(8-7-17-6-4-12-8)13-5-2-1-3-9(13)11(15)16/h8-9,12H,1-7H2,(H,15,16)/t8?,9-/m0/s1. The second-order valence-corrected chi connectivity index (χ2v) is 5.61. The molecule has 0 bridgehead atoms. The molecular formula is C11H18N2O3S. The highest BCUT2D eigenvalue weighted by molar-refractivity contribution is 7.99. The molecule has 96 valence electrons. The van der Waals surface area contributed by atoms with Crippen LogP contribution >= 0.6 is 11.8 Å². The third-order valence-corrected chi connectivity index (χ3v) is 4.35. The number of hydrogen-bond acceptors (Lipinski definition) is 4. The number of carbonyl (C=O) groups is 2. The minimum Gasteiger partial charge on any atom is -0.480 e. The molecule has 2 rings (SSSR count). The molecule has 0 spiro atoms. The molecule has 0 aromatic heterocycles. The lowest BCUT2D eigenvalue weighted by atomic mass is 10.0. The van der Waals surface area contributed by atoms with Gasteiger partial charge in [0.25, 0.3) is 0 Å². The maximum atomic E-state index is 12.3. The van der Waals surface area contributed by atoms with E-state index in [1.807, 2.05) is 0 Å². The van der Waals surface area contributed by atoms with Crippen molar-refractivity contribution in [2.45, 2.75) is 31.3 Å². The largest absolute Gasteiger partial charge is 0.480 e. The summed E-state index contributed by atoms with van der Waals surface area (Å²) in [6.07, 6.45) is 2.39. The van der Waals surface area contributed by atoms with Crippen LogP contribution in [0.3, 0.4) is 0 Å². The number of aliphatic carboxylic acids is 1. The highest BCUT2D eigenvalue weighted by atomic mass is 32.2. The van der Waals surface area contributed by atoms with E-state index in [9.17, 15) is 9.59 Å². The van der Waals surface area contributed by atoms with Gasteiger partial charge in [-0.05, 0) is 19.3 Å². The van der Waals surface area contributed by atoms with Crippen molar-refractivity contribution >= 4 is 23.6 Å². The number of nitrogens with one attached hydrogen (secondary N) is 1. The van der Waals surface area contributed by atoms with Crippen LogP contribution in [0.25, 0.3) is 0 Å². The average molecular weight is 258 g/mol. The molecule has 0 aliphatic carbocycles. The fourth-order valence-electron chi connectivity index (χ4n) is 2.38. The predicted molar refractivity (Wildman–Crippen MR) is 66.1 cm³/mol. The van der Waals surface area contributed by atoms with Crippen LogP contribution in [0.5, 0.6) is 0 Å². The SMILES string of the molecule is O=C(O)[C@@H]1CCCCN1C(=O)C1CSCCN1. The lowest BCUT2D eigenvalue weighted by Gasteiger charge is -2.36. The number of carboxylic acid groups (broad SMARTS) is 1. The molecule has 2 aliphatic heterocycles. The number of rotatable bonds is 2. The summed E-state index contributed by atoms with van der Waals surface area (Å²) in [6.45, 7) is 1.41. The number of carbonyl (C=O) groups excluding carboxylic acids is 1. The third kappa shape index (κ3) is 2.93. The zero-order chi connectivity index (χ0) is 12.3. The van der Waals surface area contributed by atoms with Gasteiger partial charge >= 0.3 is 5.97 Å². The van der Waals surface area contributed by atoms with Gasteiger partial charge in [-0.2, -0.15) is 11.8 Å². The van der Waals surface area contributed by atoms with Gasteiger partial charge in [0.05, 0.1) is 6.04 Å².